The number of nitrogens with zero attached hydrogens (tertiary/aromatic N) is 3. The molecule has 1 aromatic heterocycles. The minimum atomic E-state index is 0.898. The number of thiazole rings is 1. The van der Waals surface area contributed by atoms with Crippen LogP contribution in [0.3, 0.4) is 0 Å². The summed E-state index contributed by atoms with van der Waals surface area (Å²) in [5.41, 5.74) is 1.14. The van der Waals surface area contributed by atoms with Crippen molar-refractivity contribution in [2.24, 2.45) is 5.92 Å². The Bertz CT molecular complexity index is 579. The maximum Gasteiger partial charge on any atom is 0.186 e. The van der Waals surface area contributed by atoms with Gasteiger partial charge in [0.1, 0.15) is 0 Å². The summed E-state index contributed by atoms with van der Waals surface area (Å²) in [7, 11) is 0. The van der Waals surface area contributed by atoms with E-state index in [0.29, 0.717) is 0 Å². The summed E-state index contributed by atoms with van der Waals surface area (Å²) in [6, 6.07) is 8.45. The van der Waals surface area contributed by atoms with E-state index in [2.05, 4.69) is 39.4 Å². The summed E-state index contributed by atoms with van der Waals surface area (Å²) in [5, 5.41) is 4.66. The van der Waals surface area contributed by atoms with Gasteiger partial charge in [-0.25, -0.2) is 4.98 Å². The molecule has 2 fully saturated rings. The Morgan fingerprint density at radius 1 is 1.09 bits per heavy atom. The minimum Gasteiger partial charge on any atom is -0.345 e. The number of piperidine rings is 1. The second-order valence-electron chi connectivity index (χ2n) is 6.45. The summed E-state index contributed by atoms with van der Waals surface area (Å²) < 4.78 is 1.30. The molecule has 2 aliphatic heterocycles. The van der Waals surface area contributed by atoms with Gasteiger partial charge >= 0.3 is 0 Å². The van der Waals surface area contributed by atoms with Gasteiger partial charge < -0.3 is 10.2 Å². The van der Waals surface area contributed by atoms with Gasteiger partial charge in [-0.3, -0.25) is 4.90 Å². The van der Waals surface area contributed by atoms with Gasteiger partial charge in [-0.05, 0) is 44.0 Å². The lowest BCUT2D eigenvalue weighted by molar-refractivity contribution is 0.196. The first kappa shape index (κ1) is 14.4. The summed E-state index contributed by atoms with van der Waals surface area (Å²) in [5.74, 6) is 0.898. The Balaban J connectivity index is 1.35. The van der Waals surface area contributed by atoms with Gasteiger partial charge in [0, 0.05) is 32.7 Å². The van der Waals surface area contributed by atoms with E-state index in [9.17, 15) is 0 Å². The molecule has 4 rings (SSSR count). The van der Waals surface area contributed by atoms with E-state index in [1.54, 1.807) is 0 Å². The zero-order valence-corrected chi connectivity index (χ0v) is 13.8. The second-order valence-corrected chi connectivity index (χ2v) is 7.45. The summed E-state index contributed by atoms with van der Waals surface area (Å²) >= 11 is 1.83. The fourth-order valence-corrected chi connectivity index (χ4v) is 4.56. The predicted molar refractivity (Wildman–Crippen MR) is 93.9 cm³/mol. The Hall–Kier alpha value is -1.17. The van der Waals surface area contributed by atoms with Crippen molar-refractivity contribution in [3.8, 4) is 0 Å². The largest absolute Gasteiger partial charge is 0.345 e. The third-order valence-corrected chi connectivity index (χ3v) is 6.00. The molecule has 2 aromatic rings. The van der Waals surface area contributed by atoms with Crippen LogP contribution in [0.1, 0.15) is 12.8 Å². The maximum absolute atomic E-state index is 4.79. The fraction of sp³-hybridized carbons (Fsp3) is 0.588. The summed E-state index contributed by atoms with van der Waals surface area (Å²) in [6.45, 7) is 8.29. The lowest BCUT2D eigenvalue weighted by atomic mass is 9.97. The van der Waals surface area contributed by atoms with Crippen LogP contribution in [-0.2, 0) is 0 Å². The number of aromatic nitrogens is 1. The van der Waals surface area contributed by atoms with Crippen LogP contribution in [0, 0.1) is 5.92 Å². The molecule has 1 N–H and O–H groups in total. The van der Waals surface area contributed by atoms with Crippen LogP contribution in [-0.4, -0.2) is 55.7 Å². The van der Waals surface area contributed by atoms with Gasteiger partial charge in [-0.2, -0.15) is 0 Å². The van der Waals surface area contributed by atoms with E-state index in [1.807, 2.05) is 11.3 Å². The van der Waals surface area contributed by atoms with Crippen molar-refractivity contribution in [1.82, 2.24) is 15.2 Å². The number of benzene rings is 1. The van der Waals surface area contributed by atoms with Crippen molar-refractivity contribution < 1.29 is 0 Å². The quantitative estimate of drug-likeness (QED) is 0.942. The van der Waals surface area contributed by atoms with Crippen LogP contribution in [0.4, 0.5) is 5.13 Å². The van der Waals surface area contributed by atoms with Crippen LogP contribution < -0.4 is 10.2 Å². The third-order valence-electron chi connectivity index (χ3n) is 4.90. The molecule has 0 radical (unpaired) electrons. The maximum atomic E-state index is 4.79. The monoisotopic (exact) mass is 316 g/mol. The van der Waals surface area contributed by atoms with E-state index in [4.69, 9.17) is 4.98 Å². The molecule has 0 atom stereocenters. The molecule has 0 aliphatic carbocycles. The molecule has 0 saturated carbocycles. The Morgan fingerprint density at radius 3 is 2.64 bits per heavy atom. The molecule has 4 nitrogen and oxygen atoms in total. The van der Waals surface area contributed by atoms with Crippen LogP contribution in [0.5, 0.6) is 0 Å². The van der Waals surface area contributed by atoms with Gasteiger partial charge in [-0.15, -0.1) is 0 Å². The lowest BCUT2D eigenvalue weighted by Gasteiger charge is -2.37. The molecule has 2 saturated heterocycles. The Kier molecular flexibility index (Phi) is 4.28. The highest BCUT2D eigenvalue weighted by Crippen LogP contribution is 2.29. The lowest BCUT2D eigenvalue weighted by Crippen LogP contribution is -2.48. The van der Waals surface area contributed by atoms with Crippen molar-refractivity contribution in [2.45, 2.75) is 12.8 Å². The number of piperazine rings is 1. The van der Waals surface area contributed by atoms with Crippen LogP contribution in [0.2, 0.25) is 0 Å². The molecule has 0 amide bonds. The Morgan fingerprint density at radius 2 is 1.86 bits per heavy atom. The fourth-order valence-electron chi connectivity index (χ4n) is 3.55. The number of rotatable bonds is 3. The van der Waals surface area contributed by atoms with Crippen molar-refractivity contribution in [3.05, 3.63) is 24.3 Å². The molecule has 118 valence electrons. The molecule has 2 aliphatic rings. The Labute approximate surface area is 136 Å². The van der Waals surface area contributed by atoms with E-state index < -0.39 is 0 Å². The number of nitrogens with one attached hydrogen (secondary N) is 1. The van der Waals surface area contributed by atoms with Gasteiger partial charge in [0.25, 0.3) is 0 Å². The molecule has 0 spiro atoms. The molecular formula is C17H24N4S. The van der Waals surface area contributed by atoms with E-state index in [1.165, 1.54) is 55.4 Å². The molecule has 1 aromatic carbocycles. The van der Waals surface area contributed by atoms with Crippen LogP contribution in [0.15, 0.2) is 24.3 Å². The number of hydrogen-bond donors (Lipinski definition) is 1. The van der Waals surface area contributed by atoms with Gasteiger partial charge in [0.15, 0.2) is 5.13 Å². The first-order chi connectivity index (χ1) is 10.9. The average Bonchev–Trinajstić information content (AvgIpc) is 3.00. The standard InChI is InChI=1S/C17H24N4S/c1-2-4-16-15(3-1)19-17(22-16)21-11-9-20(10-12-21)13-14-5-7-18-8-6-14/h1-4,14,18H,5-13H2. The van der Waals surface area contributed by atoms with E-state index in [0.717, 1.165) is 24.5 Å². The first-order valence-electron chi connectivity index (χ1n) is 8.42. The predicted octanol–water partition coefficient (Wildman–Crippen LogP) is 2.42. The minimum absolute atomic E-state index is 0.898. The SMILES string of the molecule is c1ccc2sc(N3CCN(CC4CCNCC4)CC3)nc2c1. The number of para-hydroxylation sites is 1. The zero-order chi connectivity index (χ0) is 14.8. The van der Waals surface area contributed by atoms with Crippen molar-refractivity contribution in [2.75, 3.05) is 50.7 Å². The van der Waals surface area contributed by atoms with Crippen LogP contribution >= 0.6 is 11.3 Å². The first-order valence-corrected chi connectivity index (χ1v) is 9.24. The highest BCUT2D eigenvalue weighted by Gasteiger charge is 2.22. The topological polar surface area (TPSA) is 31.4 Å². The number of hydrogen-bond acceptors (Lipinski definition) is 5. The zero-order valence-electron chi connectivity index (χ0n) is 13.0. The second kappa shape index (κ2) is 6.52. The highest BCUT2D eigenvalue weighted by atomic mass is 32.1. The van der Waals surface area contributed by atoms with Gasteiger partial charge in [0.05, 0.1) is 10.2 Å². The van der Waals surface area contributed by atoms with Crippen molar-refractivity contribution >= 4 is 26.7 Å². The number of fused-ring (bicyclic) bond motifs is 1. The van der Waals surface area contributed by atoms with Crippen LogP contribution in [0.25, 0.3) is 10.2 Å². The van der Waals surface area contributed by atoms with Crippen molar-refractivity contribution in [3.63, 3.8) is 0 Å². The average molecular weight is 316 g/mol. The number of anilines is 1. The van der Waals surface area contributed by atoms with E-state index >= 15 is 0 Å². The van der Waals surface area contributed by atoms with Crippen molar-refractivity contribution in [1.29, 1.82) is 0 Å². The van der Waals surface area contributed by atoms with Gasteiger partial charge in [-0.1, -0.05) is 23.5 Å². The van der Waals surface area contributed by atoms with Gasteiger partial charge in [0.2, 0.25) is 0 Å². The summed E-state index contributed by atoms with van der Waals surface area (Å²) in [6.07, 6.45) is 2.69. The molecular weight excluding hydrogens is 292 g/mol. The third kappa shape index (κ3) is 3.12. The van der Waals surface area contributed by atoms with E-state index in [-0.39, 0.29) is 0 Å². The molecule has 5 heteroatoms. The molecule has 22 heavy (non-hydrogen) atoms. The normalized spacial score (nSPS) is 21.5. The molecule has 3 heterocycles. The molecule has 0 bridgehead atoms. The summed E-state index contributed by atoms with van der Waals surface area (Å²) in [4.78, 5) is 9.91. The molecule has 0 unspecified atom stereocenters. The highest BCUT2D eigenvalue weighted by molar-refractivity contribution is 7.22. The smallest absolute Gasteiger partial charge is 0.186 e.